The fourth-order valence-electron chi connectivity index (χ4n) is 3.23. The van der Waals surface area contributed by atoms with Crippen LogP contribution in [0.2, 0.25) is 0 Å². The molecule has 3 rings (SSSR count). The molecule has 0 aromatic heterocycles. The van der Waals surface area contributed by atoms with E-state index in [1.54, 1.807) is 0 Å². The van der Waals surface area contributed by atoms with Crippen molar-refractivity contribution < 1.29 is 19.4 Å². The molecule has 1 aliphatic rings. The number of nitrogens with zero attached hydrogens (tertiary/aromatic N) is 4. The predicted octanol–water partition coefficient (Wildman–Crippen LogP) is 2.19. The summed E-state index contributed by atoms with van der Waals surface area (Å²) in [4.78, 5) is 49.1. The third-order valence-electron chi connectivity index (χ3n) is 5.00. The van der Waals surface area contributed by atoms with Gasteiger partial charge in [0.2, 0.25) is 0 Å². The number of nitro benzene ring substituents is 2. The molecule has 30 heavy (non-hydrogen) atoms. The van der Waals surface area contributed by atoms with Crippen molar-refractivity contribution in [2.45, 2.75) is 0 Å². The molecule has 156 valence electrons. The molecule has 0 aliphatic carbocycles. The lowest BCUT2D eigenvalue weighted by atomic mass is 10.1. The molecule has 0 bridgehead atoms. The van der Waals surface area contributed by atoms with Crippen LogP contribution in [0.25, 0.3) is 0 Å². The number of hydrogen-bond donors (Lipinski definition) is 0. The highest BCUT2D eigenvalue weighted by Gasteiger charge is 2.22. The van der Waals surface area contributed by atoms with Crippen molar-refractivity contribution in [1.82, 2.24) is 9.80 Å². The first-order chi connectivity index (χ1) is 14.3. The van der Waals surface area contributed by atoms with E-state index in [2.05, 4.69) is 0 Å². The largest absolute Gasteiger partial charge is 0.293 e. The van der Waals surface area contributed by atoms with Gasteiger partial charge in [-0.25, -0.2) is 0 Å². The molecule has 2 aromatic carbocycles. The van der Waals surface area contributed by atoms with Crippen molar-refractivity contribution >= 4 is 22.9 Å². The van der Waals surface area contributed by atoms with Gasteiger partial charge in [-0.2, -0.15) is 0 Å². The number of ketones is 2. The molecule has 1 fully saturated rings. The maximum atomic E-state index is 12.4. The topological polar surface area (TPSA) is 127 Å². The quantitative estimate of drug-likeness (QED) is 0.367. The summed E-state index contributed by atoms with van der Waals surface area (Å²) in [5.74, 6) is -0.222. The number of Topliss-reactive ketones (excluding diaryl/α,β-unsaturated/α-hetero) is 2. The Morgan fingerprint density at radius 1 is 0.667 bits per heavy atom. The van der Waals surface area contributed by atoms with E-state index in [9.17, 15) is 29.8 Å². The fourth-order valence-corrected chi connectivity index (χ4v) is 3.23. The Morgan fingerprint density at radius 3 is 1.23 bits per heavy atom. The van der Waals surface area contributed by atoms with Gasteiger partial charge in [0.15, 0.2) is 11.6 Å². The fraction of sp³-hybridized carbons (Fsp3) is 0.300. The molecular formula is C20H20N4O6. The van der Waals surface area contributed by atoms with E-state index in [0.717, 1.165) is 0 Å². The van der Waals surface area contributed by atoms with Gasteiger partial charge < -0.3 is 0 Å². The lowest BCUT2D eigenvalue weighted by molar-refractivity contribution is -0.385. The Labute approximate surface area is 172 Å². The number of nitro groups is 2. The second-order valence-electron chi connectivity index (χ2n) is 7.01. The first kappa shape index (κ1) is 21.2. The Kier molecular flexibility index (Phi) is 6.60. The summed E-state index contributed by atoms with van der Waals surface area (Å²) in [7, 11) is 0. The van der Waals surface area contributed by atoms with Gasteiger partial charge in [-0.3, -0.25) is 39.6 Å². The van der Waals surface area contributed by atoms with Gasteiger partial charge in [-0.1, -0.05) is 0 Å². The molecule has 0 atom stereocenters. The minimum Gasteiger partial charge on any atom is -0.293 e. The summed E-state index contributed by atoms with van der Waals surface area (Å²) in [6, 6.07) is 11.1. The third kappa shape index (κ3) is 5.31. The first-order valence-electron chi connectivity index (χ1n) is 9.33. The first-order valence-corrected chi connectivity index (χ1v) is 9.33. The molecule has 0 radical (unpaired) electrons. The van der Waals surface area contributed by atoms with Gasteiger partial charge in [0.25, 0.3) is 11.4 Å². The molecule has 1 saturated heterocycles. The minimum absolute atomic E-state index is 0.0575. The normalized spacial score (nSPS) is 14.9. The third-order valence-corrected chi connectivity index (χ3v) is 5.00. The summed E-state index contributed by atoms with van der Waals surface area (Å²) in [6.45, 7) is 2.89. The maximum absolute atomic E-state index is 12.4. The summed E-state index contributed by atoms with van der Waals surface area (Å²) >= 11 is 0. The molecule has 1 heterocycles. The van der Waals surface area contributed by atoms with E-state index in [-0.39, 0.29) is 36.0 Å². The van der Waals surface area contributed by atoms with Gasteiger partial charge in [0.1, 0.15) is 0 Å². The van der Waals surface area contributed by atoms with Crippen LogP contribution in [0.3, 0.4) is 0 Å². The van der Waals surface area contributed by atoms with Gasteiger partial charge in [-0.15, -0.1) is 0 Å². The summed E-state index contributed by atoms with van der Waals surface area (Å²) < 4.78 is 0. The predicted molar refractivity (Wildman–Crippen MR) is 108 cm³/mol. The van der Waals surface area contributed by atoms with Crippen LogP contribution in [-0.2, 0) is 0 Å². The second-order valence-corrected chi connectivity index (χ2v) is 7.01. The van der Waals surface area contributed by atoms with E-state index in [0.29, 0.717) is 37.3 Å². The zero-order chi connectivity index (χ0) is 21.7. The number of piperazine rings is 1. The van der Waals surface area contributed by atoms with Gasteiger partial charge in [0, 0.05) is 61.6 Å². The van der Waals surface area contributed by atoms with Crippen LogP contribution >= 0.6 is 0 Å². The van der Waals surface area contributed by atoms with Crippen LogP contribution in [0.5, 0.6) is 0 Å². The van der Waals surface area contributed by atoms with Crippen LogP contribution < -0.4 is 0 Å². The number of non-ortho nitro benzene ring substituents is 2. The minimum atomic E-state index is -0.508. The maximum Gasteiger partial charge on any atom is 0.269 e. The molecule has 0 unspecified atom stereocenters. The number of rotatable bonds is 8. The van der Waals surface area contributed by atoms with Crippen LogP contribution in [0.4, 0.5) is 11.4 Å². The molecule has 0 amide bonds. The number of hydrogen-bond acceptors (Lipinski definition) is 8. The van der Waals surface area contributed by atoms with E-state index in [4.69, 9.17) is 0 Å². The Bertz CT molecular complexity index is 871. The van der Waals surface area contributed by atoms with Crippen molar-refractivity contribution in [2.75, 3.05) is 39.3 Å². The molecule has 0 spiro atoms. The Hall–Kier alpha value is -3.50. The van der Waals surface area contributed by atoms with Gasteiger partial charge in [0.05, 0.1) is 22.9 Å². The molecule has 10 heteroatoms. The van der Waals surface area contributed by atoms with Crippen molar-refractivity contribution in [1.29, 1.82) is 0 Å². The smallest absolute Gasteiger partial charge is 0.269 e. The van der Waals surface area contributed by atoms with E-state index in [1.807, 2.05) is 9.80 Å². The van der Waals surface area contributed by atoms with Crippen LogP contribution in [0.1, 0.15) is 20.7 Å². The molecule has 10 nitrogen and oxygen atoms in total. The summed E-state index contributed by atoms with van der Waals surface area (Å²) in [6.07, 6.45) is 0. The van der Waals surface area contributed by atoms with Crippen molar-refractivity contribution in [2.24, 2.45) is 0 Å². The summed E-state index contributed by atoms with van der Waals surface area (Å²) in [5, 5.41) is 21.4. The monoisotopic (exact) mass is 412 g/mol. The standard InChI is InChI=1S/C20H20N4O6/c25-19(15-1-5-17(6-2-15)23(27)28)13-21-9-11-22(12-10-21)14-20(26)16-3-7-18(8-4-16)24(29)30/h1-8H,9-14H2. The average molecular weight is 412 g/mol. The van der Waals surface area contributed by atoms with Gasteiger partial charge in [-0.05, 0) is 24.3 Å². The molecule has 0 N–H and O–H groups in total. The molecular weight excluding hydrogens is 392 g/mol. The van der Waals surface area contributed by atoms with Crippen LogP contribution in [0, 0.1) is 20.2 Å². The number of carbonyl (C=O) groups excluding carboxylic acids is 2. The van der Waals surface area contributed by atoms with Crippen molar-refractivity contribution in [3.63, 3.8) is 0 Å². The van der Waals surface area contributed by atoms with Crippen LogP contribution in [0.15, 0.2) is 48.5 Å². The lowest BCUT2D eigenvalue weighted by Gasteiger charge is -2.33. The zero-order valence-corrected chi connectivity index (χ0v) is 16.1. The van der Waals surface area contributed by atoms with E-state index in [1.165, 1.54) is 48.5 Å². The second kappa shape index (κ2) is 9.33. The molecule has 2 aromatic rings. The highest BCUT2D eigenvalue weighted by molar-refractivity contribution is 5.98. The summed E-state index contributed by atoms with van der Waals surface area (Å²) in [5.41, 5.74) is 0.739. The highest BCUT2D eigenvalue weighted by atomic mass is 16.6. The number of benzene rings is 2. The van der Waals surface area contributed by atoms with Crippen molar-refractivity contribution in [3.8, 4) is 0 Å². The zero-order valence-electron chi connectivity index (χ0n) is 16.1. The molecule has 1 aliphatic heterocycles. The van der Waals surface area contributed by atoms with Crippen LogP contribution in [-0.4, -0.2) is 70.5 Å². The SMILES string of the molecule is O=C(CN1CCN(CC(=O)c2ccc([N+](=O)[O-])cc2)CC1)c1ccc([N+](=O)[O-])cc1. The average Bonchev–Trinajstić information content (AvgIpc) is 2.75. The number of carbonyl (C=O) groups is 2. The Morgan fingerprint density at radius 2 is 0.967 bits per heavy atom. The van der Waals surface area contributed by atoms with Gasteiger partial charge >= 0.3 is 0 Å². The van der Waals surface area contributed by atoms with E-state index >= 15 is 0 Å². The van der Waals surface area contributed by atoms with E-state index < -0.39 is 9.85 Å². The lowest BCUT2D eigenvalue weighted by Crippen LogP contribution is -2.49. The van der Waals surface area contributed by atoms with Crippen molar-refractivity contribution in [3.05, 3.63) is 79.9 Å². The Balaban J connectivity index is 1.47. The molecule has 0 saturated carbocycles. The highest BCUT2D eigenvalue weighted by Crippen LogP contribution is 2.15.